The van der Waals surface area contributed by atoms with Gasteiger partial charge in [-0.25, -0.2) is 4.98 Å². The average molecular weight is 551 g/mol. The predicted molar refractivity (Wildman–Crippen MR) is 144 cm³/mol. The molecule has 0 radical (unpaired) electrons. The van der Waals surface area contributed by atoms with Gasteiger partial charge in [-0.2, -0.15) is 5.26 Å². The summed E-state index contributed by atoms with van der Waals surface area (Å²) in [5.74, 6) is -2.39. The van der Waals surface area contributed by atoms with Gasteiger partial charge in [0.1, 0.15) is 33.3 Å². The zero-order valence-corrected chi connectivity index (χ0v) is 21.8. The van der Waals surface area contributed by atoms with Crippen molar-refractivity contribution >= 4 is 27.3 Å². The number of rotatable bonds is 6. The highest BCUT2D eigenvalue weighted by Gasteiger charge is 2.68. The number of carbonyl (C=O) groups is 1. The van der Waals surface area contributed by atoms with E-state index in [1.165, 1.54) is 36.4 Å². The van der Waals surface area contributed by atoms with E-state index < -0.39 is 34.6 Å². The summed E-state index contributed by atoms with van der Waals surface area (Å²) in [5, 5.41) is 24.4. The summed E-state index contributed by atoms with van der Waals surface area (Å²) in [6.07, 6.45) is 5.81. The molecule has 6 aromatic rings. The molecular weight excluding hydrogens is 528 g/mol. The summed E-state index contributed by atoms with van der Waals surface area (Å²) >= 11 is 1.38. The highest BCUT2D eigenvalue weighted by atomic mass is 32.1. The van der Waals surface area contributed by atoms with Crippen molar-refractivity contribution in [3.8, 4) is 6.07 Å². The molecule has 198 valence electrons. The van der Waals surface area contributed by atoms with Gasteiger partial charge in [0.15, 0.2) is 5.76 Å². The fourth-order valence-corrected chi connectivity index (χ4v) is 7.47. The normalized spacial score (nSPS) is 26.6. The Kier molecular flexibility index (Phi) is 5.63. The van der Waals surface area contributed by atoms with Crippen LogP contribution in [0.1, 0.15) is 51.1 Å². The molecule has 8 nitrogen and oxygen atoms in total. The third kappa shape index (κ3) is 3.47. The van der Waals surface area contributed by atoms with Crippen LogP contribution in [0.2, 0.25) is 0 Å². The Morgan fingerprint density at radius 2 is 1.60 bits per heavy atom. The predicted octanol–water partition coefficient (Wildman–Crippen LogP) is 6.79. The Balaban J connectivity index is 1.58. The van der Waals surface area contributed by atoms with Gasteiger partial charge < -0.3 is 22.8 Å². The van der Waals surface area contributed by atoms with Gasteiger partial charge in [-0.15, -0.1) is 11.3 Å². The Morgan fingerprint density at radius 1 is 0.900 bits per heavy atom. The monoisotopic (exact) mass is 550 g/mol. The van der Waals surface area contributed by atoms with Crippen LogP contribution in [0.15, 0.2) is 116 Å². The maximum Gasteiger partial charge on any atom is 0.205 e. The number of furan rings is 4. The van der Waals surface area contributed by atoms with Crippen LogP contribution in [-0.4, -0.2) is 15.9 Å². The number of aromatic nitrogens is 1. The first kappa shape index (κ1) is 24.4. The molecule has 0 bridgehead atoms. The number of hydrogen-bond donors (Lipinski definition) is 1. The second-order valence-electron chi connectivity index (χ2n) is 9.95. The van der Waals surface area contributed by atoms with Crippen LogP contribution < -0.4 is 0 Å². The number of Topliss-reactive ketones (excluding diaryl/α,β-unsaturated/α-hetero) is 1. The molecule has 1 aromatic carbocycles. The zero-order valence-electron chi connectivity index (χ0n) is 21.0. The molecule has 1 N–H and O–H groups in total. The number of fused-ring (bicyclic) bond motifs is 1. The minimum Gasteiger partial charge on any atom is -0.469 e. The Morgan fingerprint density at radius 3 is 2.25 bits per heavy atom. The van der Waals surface area contributed by atoms with E-state index in [1.807, 2.05) is 24.3 Å². The molecule has 1 fully saturated rings. The molecular formula is C31H22N2O6S. The number of ketones is 1. The molecule has 0 saturated heterocycles. The van der Waals surface area contributed by atoms with Crippen LogP contribution in [0.3, 0.4) is 0 Å². The minimum absolute atomic E-state index is 0.0547. The van der Waals surface area contributed by atoms with Crippen LogP contribution in [0.5, 0.6) is 0 Å². The lowest BCUT2D eigenvalue weighted by atomic mass is 9.49. The highest BCUT2D eigenvalue weighted by Crippen LogP contribution is 2.64. The molecule has 0 amide bonds. The van der Waals surface area contributed by atoms with Crippen LogP contribution in [0.25, 0.3) is 10.2 Å². The number of para-hydroxylation sites is 1. The molecule has 40 heavy (non-hydrogen) atoms. The van der Waals surface area contributed by atoms with Gasteiger partial charge in [-0.05, 0) is 67.1 Å². The lowest BCUT2D eigenvalue weighted by molar-refractivity contribution is -0.0929. The van der Waals surface area contributed by atoms with E-state index >= 15 is 0 Å². The third-order valence-corrected chi connectivity index (χ3v) is 9.15. The van der Waals surface area contributed by atoms with Crippen molar-refractivity contribution in [1.29, 1.82) is 5.26 Å². The molecule has 1 aliphatic carbocycles. The first-order valence-corrected chi connectivity index (χ1v) is 13.6. The highest BCUT2D eigenvalue weighted by molar-refractivity contribution is 7.18. The molecule has 1 aliphatic rings. The van der Waals surface area contributed by atoms with Gasteiger partial charge in [-0.1, -0.05) is 12.1 Å². The van der Waals surface area contributed by atoms with Crippen molar-refractivity contribution < 1.29 is 27.6 Å². The smallest absolute Gasteiger partial charge is 0.205 e. The van der Waals surface area contributed by atoms with Gasteiger partial charge in [0.25, 0.3) is 0 Å². The summed E-state index contributed by atoms with van der Waals surface area (Å²) < 4.78 is 24.1. The average Bonchev–Trinajstić information content (AvgIpc) is 3.83. The Bertz CT molecular complexity index is 1760. The van der Waals surface area contributed by atoms with Crippen LogP contribution in [0, 0.1) is 17.2 Å². The summed E-state index contributed by atoms with van der Waals surface area (Å²) in [5.41, 5.74) is -2.61. The number of carbonyl (C=O) groups excluding carboxylic acids is 1. The number of hydrogen-bond acceptors (Lipinski definition) is 9. The molecule has 9 heteroatoms. The molecule has 5 unspecified atom stereocenters. The van der Waals surface area contributed by atoms with Crippen LogP contribution >= 0.6 is 11.3 Å². The second kappa shape index (κ2) is 9.23. The largest absolute Gasteiger partial charge is 0.469 e. The van der Waals surface area contributed by atoms with Crippen molar-refractivity contribution in [1.82, 2.24) is 4.98 Å². The molecule has 0 aliphatic heterocycles. The fourth-order valence-electron chi connectivity index (χ4n) is 6.27. The summed E-state index contributed by atoms with van der Waals surface area (Å²) in [7, 11) is 0. The van der Waals surface area contributed by atoms with E-state index in [9.17, 15) is 15.2 Å². The van der Waals surface area contributed by atoms with Crippen molar-refractivity contribution in [2.24, 2.45) is 5.92 Å². The van der Waals surface area contributed by atoms with Crippen molar-refractivity contribution in [2.75, 3.05) is 0 Å². The first-order valence-electron chi connectivity index (χ1n) is 12.7. The van der Waals surface area contributed by atoms with Gasteiger partial charge in [0, 0.05) is 5.92 Å². The van der Waals surface area contributed by atoms with Crippen molar-refractivity contribution in [3.05, 3.63) is 126 Å². The Labute approximate surface area is 232 Å². The SMILES string of the molecule is N#CC1(c2nc3ccccc3s2)C(c2ccco2)CC(O)(c2ccco2)C(C(=O)c2ccco2)C1c1ccco1. The van der Waals surface area contributed by atoms with Crippen LogP contribution in [-0.2, 0) is 11.0 Å². The van der Waals surface area contributed by atoms with Gasteiger partial charge in [0.2, 0.25) is 5.78 Å². The minimum atomic E-state index is -1.86. The first-order chi connectivity index (χ1) is 19.6. The number of nitrogens with zero attached hydrogens (tertiary/aromatic N) is 2. The van der Waals surface area contributed by atoms with E-state index in [2.05, 4.69) is 6.07 Å². The van der Waals surface area contributed by atoms with E-state index in [0.29, 0.717) is 16.5 Å². The zero-order chi connectivity index (χ0) is 27.3. The van der Waals surface area contributed by atoms with Crippen molar-refractivity contribution in [2.45, 2.75) is 29.3 Å². The number of thiazole rings is 1. The molecule has 7 rings (SSSR count). The molecule has 5 aromatic heterocycles. The van der Waals surface area contributed by atoms with Crippen LogP contribution in [0.4, 0.5) is 0 Å². The van der Waals surface area contributed by atoms with E-state index in [4.69, 9.17) is 22.7 Å². The second-order valence-corrected chi connectivity index (χ2v) is 11.0. The third-order valence-electron chi connectivity index (χ3n) is 7.97. The summed E-state index contributed by atoms with van der Waals surface area (Å²) in [4.78, 5) is 19.3. The maximum atomic E-state index is 14.4. The molecule has 1 saturated carbocycles. The number of aliphatic hydroxyl groups is 1. The molecule has 5 atom stereocenters. The van der Waals surface area contributed by atoms with E-state index in [0.717, 1.165) is 10.2 Å². The maximum absolute atomic E-state index is 14.4. The summed E-state index contributed by atoms with van der Waals surface area (Å²) in [6, 6.07) is 23.6. The van der Waals surface area contributed by atoms with Gasteiger partial charge >= 0.3 is 0 Å². The van der Waals surface area contributed by atoms with E-state index in [1.54, 1.807) is 48.5 Å². The molecule has 0 spiro atoms. The molecule has 5 heterocycles. The van der Waals surface area contributed by atoms with Gasteiger partial charge in [-0.3, -0.25) is 4.79 Å². The number of nitriles is 1. The standard InChI is InChI=1S/C31H22N2O6S/c32-18-30(29-33-20-7-1-2-11-24(20)40-29)19(21-8-3-13-36-21)17-31(35,25-12-6-16-39-25)27(26(30)22-9-4-14-37-22)28(34)23-10-5-15-38-23/h1-16,19,26-27,35H,17H2. The lowest BCUT2D eigenvalue weighted by Gasteiger charge is -2.52. The summed E-state index contributed by atoms with van der Waals surface area (Å²) in [6.45, 7) is 0. The Hall–Kier alpha value is -4.65. The van der Waals surface area contributed by atoms with E-state index in [-0.39, 0.29) is 17.9 Å². The lowest BCUT2D eigenvalue weighted by Crippen LogP contribution is -2.57. The van der Waals surface area contributed by atoms with Crippen molar-refractivity contribution in [3.63, 3.8) is 0 Å². The quantitative estimate of drug-likeness (QED) is 0.225. The number of benzene rings is 1. The topological polar surface area (TPSA) is 127 Å². The fraction of sp³-hybridized carbons (Fsp3) is 0.194. The van der Waals surface area contributed by atoms with Gasteiger partial charge in [0.05, 0.1) is 53.2 Å².